The van der Waals surface area contributed by atoms with E-state index in [-0.39, 0.29) is 0 Å². The summed E-state index contributed by atoms with van der Waals surface area (Å²) in [7, 11) is -1.46. The molecule has 0 radical (unpaired) electrons. The fourth-order valence-corrected chi connectivity index (χ4v) is 4.45. The molecular formula is C18H25N3O3S2. The van der Waals surface area contributed by atoms with Gasteiger partial charge in [-0.05, 0) is 49.1 Å². The smallest absolute Gasteiger partial charge is 0.306 e. The maximum atomic E-state index is 11.3. The Hall–Kier alpha value is -1.51. The molecule has 2 heterocycles. The zero-order chi connectivity index (χ0) is 18.6. The van der Waals surface area contributed by atoms with E-state index in [2.05, 4.69) is 9.88 Å². The van der Waals surface area contributed by atoms with Crippen LogP contribution in [0.15, 0.2) is 35.7 Å². The Bertz CT molecular complexity index is 849. The number of rotatable bonds is 7. The SMILES string of the molecule is Cn1ccnc1SCCCN1CCc2ccc(OS(C)(=O)=O)cc2CC1. The monoisotopic (exact) mass is 395 g/mol. The minimum atomic E-state index is -3.48. The molecule has 142 valence electrons. The van der Waals surface area contributed by atoms with E-state index in [1.807, 2.05) is 36.1 Å². The van der Waals surface area contributed by atoms with Crippen molar-refractivity contribution >= 4 is 21.9 Å². The van der Waals surface area contributed by atoms with Crippen molar-refractivity contribution in [3.05, 3.63) is 41.7 Å². The van der Waals surface area contributed by atoms with E-state index in [0.717, 1.165) is 56.1 Å². The number of nitrogens with zero attached hydrogens (tertiary/aromatic N) is 3. The van der Waals surface area contributed by atoms with Crippen molar-refractivity contribution in [3.8, 4) is 5.75 Å². The van der Waals surface area contributed by atoms with Crippen LogP contribution in [-0.4, -0.2) is 54.5 Å². The minimum absolute atomic E-state index is 0.408. The Kier molecular flexibility index (Phi) is 6.26. The molecule has 2 aromatic rings. The Morgan fingerprint density at radius 1 is 1.23 bits per heavy atom. The number of aryl methyl sites for hydroxylation is 1. The second kappa shape index (κ2) is 8.45. The summed E-state index contributed by atoms with van der Waals surface area (Å²) in [6, 6.07) is 5.62. The lowest BCUT2D eigenvalue weighted by Crippen LogP contribution is -2.27. The summed E-state index contributed by atoms with van der Waals surface area (Å²) in [5.74, 6) is 1.46. The van der Waals surface area contributed by atoms with E-state index in [0.29, 0.717) is 5.75 Å². The molecule has 0 spiro atoms. The van der Waals surface area contributed by atoms with Gasteiger partial charge in [-0.3, -0.25) is 0 Å². The lowest BCUT2D eigenvalue weighted by molar-refractivity contribution is 0.289. The standard InChI is InChI=1S/C18H25N3O3S2/c1-20-12-8-19-18(20)25-13-3-9-21-10-6-15-4-5-17(24-26(2,22)23)14-16(15)7-11-21/h4-5,8,12,14H,3,6-7,9-11,13H2,1-2H3. The van der Waals surface area contributed by atoms with Crippen LogP contribution in [0.4, 0.5) is 0 Å². The number of hydrogen-bond donors (Lipinski definition) is 0. The molecule has 6 nitrogen and oxygen atoms in total. The summed E-state index contributed by atoms with van der Waals surface area (Å²) >= 11 is 1.79. The van der Waals surface area contributed by atoms with E-state index in [4.69, 9.17) is 4.18 Å². The normalized spacial score (nSPS) is 15.5. The molecule has 0 atom stereocenters. The van der Waals surface area contributed by atoms with Gasteiger partial charge in [-0.2, -0.15) is 8.42 Å². The number of thioether (sulfide) groups is 1. The lowest BCUT2D eigenvalue weighted by atomic mass is 10.0. The second-order valence-corrected chi connectivity index (χ2v) is 9.22. The van der Waals surface area contributed by atoms with Gasteiger partial charge in [0.25, 0.3) is 0 Å². The first-order valence-corrected chi connectivity index (χ1v) is 11.5. The average Bonchev–Trinajstić information content (AvgIpc) is 2.86. The highest BCUT2D eigenvalue weighted by molar-refractivity contribution is 7.99. The Labute approximate surface area is 159 Å². The zero-order valence-corrected chi connectivity index (χ0v) is 16.9. The van der Waals surface area contributed by atoms with Crippen LogP contribution in [0.25, 0.3) is 0 Å². The summed E-state index contributed by atoms with van der Waals surface area (Å²) in [5, 5.41) is 1.06. The molecule has 3 rings (SSSR count). The maximum Gasteiger partial charge on any atom is 0.306 e. The third-order valence-corrected chi connectivity index (χ3v) is 6.09. The van der Waals surface area contributed by atoms with Crippen molar-refractivity contribution in [2.24, 2.45) is 7.05 Å². The Balaban J connectivity index is 1.49. The van der Waals surface area contributed by atoms with Crippen LogP contribution in [0.5, 0.6) is 5.75 Å². The first-order valence-electron chi connectivity index (χ1n) is 8.74. The molecule has 26 heavy (non-hydrogen) atoms. The number of imidazole rings is 1. The Morgan fingerprint density at radius 2 is 2.00 bits per heavy atom. The number of aromatic nitrogens is 2. The molecule has 0 saturated heterocycles. The van der Waals surface area contributed by atoms with Gasteiger partial charge in [0, 0.05) is 38.3 Å². The van der Waals surface area contributed by atoms with Crippen LogP contribution in [0.2, 0.25) is 0 Å². The third kappa shape index (κ3) is 5.49. The van der Waals surface area contributed by atoms with Gasteiger partial charge in [0.05, 0.1) is 6.26 Å². The highest BCUT2D eigenvalue weighted by atomic mass is 32.2. The van der Waals surface area contributed by atoms with Crippen LogP contribution in [0.3, 0.4) is 0 Å². The highest BCUT2D eigenvalue weighted by Crippen LogP contribution is 2.23. The van der Waals surface area contributed by atoms with Gasteiger partial charge in [0.1, 0.15) is 5.75 Å². The van der Waals surface area contributed by atoms with E-state index in [1.54, 1.807) is 17.8 Å². The first kappa shape index (κ1) is 19.3. The molecule has 0 unspecified atom stereocenters. The predicted molar refractivity (Wildman–Crippen MR) is 104 cm³/mol. The van der Waals surface area contributed by atoms with Gasteiger partial charge < -0.3 is 13.7 Å². The second-order valence-electron chi connectivity index (χ2n) is 6.58. The average molecular weight is 396 g/mol. The summed E-state index contributed by atoms with van der Waals surface area (Å²) in [5.41, 5.74) is 2.48. The van der Waals surface area contributed by atoms with Crippen molar-refractivity contribution in [2.45, 2.75) is 24.4 Å². The third-order valence-electron chi connectivity index (χ3n) is 4.45. The van der Waals surface area contributed by atoms with Gasteiger partial charge in [-0.15, -0.1) is 0 Å². The summed E-state index contributed by atoms with van der Waals surface area (Å²) in [4.78, 5) is 6.82. The van der Waals surface area contributed by atoms with Crippen LogP contribution in [0, 0.1) is 0 Å². The quantitative estimate of drug-likeness (QED) is 0.407. The Morgan fingerprint density at radius 3 is 2.69 bits per heavy atom. The summed E-state index contributed by atoms with van der Waals surface area (Å²) in [6.45, 7) is 3.09. The van der Waals surface area contributed by atoms with E-state index >= 15 is 0 Å². The molecule has 0 bridgehead atoms. The number of hydrogen-bond acceptors (Lipinski definition) is 6. The minimum Gasteiger partial charge on any atom is -0.383 e. The zero-order valence-electron chi connectivity index (χ0n) is 15.2. The molecule has 8 heteroatoms. The molecule has 0 amide bonds. The van der Waals surface area contributed by atoms with Crippen molar-refractivity contribution in [1.82, 2.24) is 14.5 Å². The van der Waals surface area contributed by atoms with Gasteiger partial charge in [0.2, 0.25) is 0 Å². The van der Waals surface area contributed by atoms with Crippen molar-refractivity contribution in [2.75, 3.05) is 31.6 Å². The maximum absolute atomic E-state index is 11.3. The largest absolute Gasteiger partial charge is 0.383 e. The highest BCUT2D eigenvalue weighted by Gasteiger charge is 2.15. The number of fused-ring (bicyclic) bond motifs is 1. The summed E-state index contributed by atoms with van der Waals surface area (Å²) < 4.78 is 29.7. The molecule has 0 N–H and O–H groups in total. The van der Waals surface area contributed by atoms with Gasteiger partial charge in [0.15, 0.2) is 5.16 Å². The topological polar surface area (TPSA) is 64.4 Å². The van der Waals surface area contributed by atoms with Crippen LogP contribution >= 0.6 is 11.8 Å². The molecule has 1 aliphatic heterocycles. The van der Waals surface area contributed by atoms with Crippen LogP contribution in [0.1, 0.15) is 17.5 Å². The summed E-state index contributed by atoms with van der Waals surface area (Å²) in [6.07, 6.45) is 7.90. The van der Waals surface area contributed by atoms with Crippen molar-refractivity contribution < 1.29 is 12.6 Å². The van der Waals surface area contributed by atoms with Gasteiger partial charge in [-0.25, -0.2) is 4.98 Å². The lowest BCUT2D eigenvalue weighted by Gasteiger charge is -2.19. The molecule has 1 aromatic carbocycles. The first-order chi connectivity index (χ1) is 12.4. The molecule has 0 fully saturated rings. The fourth-order valence-electron chi connectivity index (χ4n) is 3.14. The predicted octanol–water partition coefficient (Wildman–Crippen LogP) is 2.34. The van der Waals surface area contributed by atoms with Crippen molar-refractivity contribution in [3.63, 3.8) is 0 Å². The fraction of sp³-hybridized carbons (Fsp3) is 0.500. The van der Waals surface area contributed by atoms with E-state index < -0.39 is 10.1 Å². The molecule has 1 aromatic heterocycles. The van der Waals surface area contributed by atoms with Crippen molar-refractivity contribution in [1.29, 1.82) is 0 Å². The van der Waals surface area contributed by atoms with E-state index in [9.17, 15) is 8.42 Å². The van der Waals surface area contributed by atoms with Crippen LogP contribution in [-0.2, 0) is 30.0 Å². The van der Waals surface area contributed by atoms with E-state index in [1.165, 1.54) is 11.1 Å². The molecule has 1 aliphatic rings. The van der Waals surface area contributed by atoms with Gasteiger partial charge in [-0.1, -0.05) is 17.8 Å². The van der Waals surface area contributed by atoms with Gasteiger partial charge >= 0.3 is 10.1 Å². The molecule has 0 aliphatic carbocycles. The molecular weight excluding hydrogens is 370 g/mol. The molecule has 0 saturated carbocycles. The number of benzene rings is 1. The van der Waals surface area contributed by atoms with Crippen LogP contribution < -0.4 is 4.18 Å².